The summed E-state index contributed by atoms with van der Waals surface area (Å²) in [6.45, 7) is 0. The first-order valence-corrected chi connectivity index (χ1v) is 8.65. The van der Waals surface area contributed by atoms with E-state index >= 15 is 0 Å². The Hall–Kier alpha value is -1.81. The van der Waals surface area contributed by atoms with E-state index in [0.29, 0.717) is 0 Å². The van der Waals surface area contributed by atoms with E-state index in [0.717, 1.165) is 47.2 Å². The van der Waals surface area contributed by atoms with E-state index in [-0.39, 0.29) is 5.91 Å². The molecule has 1 amide bonds. The van der Waals surface area contributed by atoms with Gasteiger partial charge in [-0.3, -0.25) is 4.79 Å². The van der Waals surface area contributed by atoms with Crippen LogP contribution in [-0.2, 0) is 10.2 Å². The van der Waals surface area contributed by atoms with E-state index in [1.54, 1.807) is 7.11 Å². The molecule has 1 fully saturated rings. The SMILES string of the molecule is COc1ccc(C2(C(=O)Nc3ccc(Br)cc3)CCCC2)cc1. The van der Waals surface area contributed by atoms with E-state index in [9.17, 15) is 4.79 Å². The van der Waals surface area contributed by atoms with Crippen molar-refractivity contribution in [2.45, 2.75) is 31.1 Å². The Morgan fingerprint density at radius 1 is 1.04 bits per heavy atom. The third-order valence-electron chi connectivity index (χ3n) is 4.64. The van der Waals surface area contributed by atoms with Gasteiger partial charge in [0.05, 0.1) is 12.5 Å². The van der Waals surface area contributed by atoms with Crippen molar-refractivity contribution < 1.29 is 9.53 Å². The van der Waals surface area contributed by atoms with Crippen LogP contribution in [0.4, 0.5) is 5.69 Å². The fraction of sp³-hybridized carbons (Fsp3) is 0.316. The lowest BCUT2D eigenvalue weighted by atomic mass is 9.78. The van der Waals surface area contributed by atoms with Gasteiger partial charge in [-0.25, -0.2) is 0 Å². The lowest BCUT2D eigenvalue weighted by molar-refractivity contribution is -0.121. The van der Waals surface area contributed by atoms with E-state index < -0.39 is 5.41 Å². The summed E-state index contributed by atoms with van der Waals surface area (Å²) in [4.78, 5) is 13.0. The smallest absolute Gasteiger partial charge is 0.235 e. The number of rotatable bonds is 4. The number of benzene rings is 2. The monoisotopic (exact) mass is 373 g/mol. The van der Waals surface area contributed by atoms with Crippen LogP contribution in [-0.4, -0.2) is 13.0 Å². The normalized spacial score (nSPS) is 16.1. The summed E-state index contributed by atoms with van der Waals surface area (Å²) < 4.78 is 6.23. The van der Waals surface area contributed by atoms with E-state index in [1.165, 1.54) is 0 Å². The zero-order valence-electron chi connectivity index (χ0n) is 13.1. The Kier molecular flexibility index (Phi) is 4.71. The summed E-state index contributed by atoms with van der Waals surface area (Å²) in [5.74, 6) is 0.901. The van der Waals surface area contributed by atoms with Crippen LogP contribution < -0.4 is 10.1 Å². The third-order valence-corrected chi connectivity index (χ3v) is 5.17. The molecule has 120 valence electrons. The van der Waals surface area contributed by atoms with Crippen LogP contribution in [0.2, 0.25) is 0 Å². The Labute approximate surface area is 145 Å². The number of nitrogens with one attached hydrogen (secondary N) is 1. The van der Waals surface area contributed by atoms with Crippen LogP contribution in [0.25, 0.3) is 0 Å². The second-order valence-electron chi connectivity index (χ2n) is 5.98. The average molecular weight is 374 g/mol. The van der Waals surface area contributed by atoms with Crippen molar-refractivity contribution in [3.05, 3.63) is 58.6 Å². The van der Waals surface area contributed by atoms with Gasteiger partial charge in [0.15, 0.2) is 0 Å². The van der Waals surface area contributed by atoms with Crippen molar-refractivity contribution in [1.82, 2.24) is 0 Å². The Balaban J connectivity index is 1.87. The zero-order valence-corrected chi connectivity index (χ0v) is 14.7. The highest BCUT2D eigenvalue weighted by Gasteiger charge is 2.42. The van der Waals surface area contributed by atoms with E-state index in [2.05, 4.69) is 21.2 Å². The van der Waals surface area contributed by atoms with E-state index in [4.69, 9.17) is 4.74 Å². The zero-order chi connectivity index (χ0) is 16.3. The summed E-state index contributed by atoms with van der Waals surface area (Å²) in [7, 11) is 1.65. The summed E-state index contributed by atoms with van der Waals surface area (Å²) in [6.07, 6.45) is 3.95. The first-order chi connectivity index (χ1) is 11.1. The van der Waals surface area contributed by atoms with E-state index in [1.807, 2.05) is 48.5 Å². The minimum Gasteiger partial charge on any atom is -0.497 e. The van der Waals surface area contributed by atoms with Gasteiger partial charge >= 0.3 is 0 Å². The molecular formula is C19H20BrNO2. The summed E-state index contributed by atoms with van der Waals surface area (Å²) in [6, 6.07) is 15.6. The molecule has 1 aliphatic rings. The molecule has 0 heterocycles. The Morgan fingerprint density at radius 2 is 1.65 bits per heavy atom. The standard InChI is InChI=1S/C19H20BrNO2/c1-23-17-10-4-14(5-11-17)19(12-2-3-13-19)18(22)21-16-8-6-15(20)7-9-16/h4-11H,2-3,12-13H2,1H3,(H,21,22). The molecule has 3 rings (SSSR count). The molecule has 0 unspecified atom stereocenters. The molecule has 2 aromatic rings. The maximum atomic E-state index is 13.0. The fourth-order valence-electron chi connectivity index (χ4n) is 3.32. The van der Waals surface area contributed by atoms with Crippen molar-refractivity contribution in [3.8, 4) is 5.75 Å². The van der Waals surface area contributed by atoms with Gasteiger partial charge in [0.2, 0.25) is 5.91 Å². The quantitative estimate of drug-likeness (QED) is 0.826. The summed E-state index contributed by atoms with van der Waals surface area (Å²) in [5.41, 5.74) is 1.47. The molecule has 0 bridgehead atoms. The van der Waals surface area contributed by atoms with Gasteiger partial charge in [0.25, 0.3) is 0 Å². The second kappa shape index (κ2) is 6.75. The van der Waals surface area contributed by atoms with Crippen LogP contribution in [0, 0.1) is 0 Å². The van der Waals surface area contributed by atoms with Gasteiger partial charge in [-0.15, -0.1) is 0 Å². The topological polar surface area (TPSA) is 38.3 Å². The number of carbonyl (C=O) groups is 1. The number of anilines is 1. The van der Waals surface area contributed by atoms with Crippen LogP contribution in [0.15, 0.2) is 53.0 Å². The van der Waals surface area contributed by atoms with Crippen molar-refractivity contribution >= 4 is 27.5 Å². The van der Waals surface area contributed by atoms with Crippen LogP contribution in [0.1, 0.15) is 31.2 Å². The summed E-state index contributed by atoms with van der Waals surface area (Å²) >= 11 is 3.41. The van der Waals surface area contributed by atoms with Crippen LogP contribution >= 0.6 is 15.9 Å². The highest BCUT2D eigenvalue weighted by Crippen LogP contribution is 2.42. The number of hydrogen-bond acceptors (Lipinski definition) is 2. The van der Waals surface area contributed by atoms with Gasteiger partial charge in [0, 0.05) is 10.2 Å². The minimum atomic E-state index is -0.431. The van der Waals surface area contributed by atoms with Crippen molar-refractivity contribution in [2.24, 2.45) is 0 Å². The lowest BCUT2D eigenvalue weighted by Gasteiger charge is -2.28. The molecule has 4 heteroatoms. The number of carbonyl (C=O) groups excluding carboxylic acids is 1. The van der Waals surface area contributed by atoms with Crippen molar-refractivity contribution in [2.75, 3.05) is 12.4 Å². The first-order valence-electron chi connectivity index (χ1n) is 7.86. The molecule has 0 aliphatic heterocycles. The van der Waals surface area contributed by atoms with Crippen LogP contribution in [0.3, 0.4) is 0 Å². The van der Waals surface area contributed by atoms with Gasteiger partial charge < -0.3 is 10.1 Å². The summed E-state index contributed by atoms with van der Waals surface area (Å²) in [5, 5.41) is 3.09. The maximum Gasteiger partial charge on any atom is 0.235 e. The maximum absolute atomic E-state index is 13.0. The predicted molar refractivity (Wildman–Crippen MR) is 95.9 cm³/mol. The number of methoxy groups -OCH3 is 1. The molecule has 0 atom stereocenters. The molecular weight excluding hydrogens is 354 g/mol. The molecule has 0 spiro atoms. The van der Waals surface area contributed by atoms with Gasteiger partial charge in [0.1, 0.15) is 5.75 Å². The van der Waals surface area contributed by atoms with Gasteiger partial charge in [-0.1, -0.05) is 40.9 Å². The average Bonchev–Trinajstić information content (AvgIpc) is 3.08. The van der Waals surface area contributed by atoms with Crippen molar-refractivity contribution in [3.63, 3.8) is 0 Å². The first kappa shape index (κ1) is 16.1. The number of amides is 1. The molecule has 0 saturated heterocycles. The van der Waals surface area contributed by atoms with Crippen molar-refractivity contribution in [1.29, 1.82) is 0 Å². The highest BCUT2D eigenvalue weighted by molar-refractivity contribution is 9.10. The molecule has 1 aliphatic carbocycles. The molecule has 1 N–H and O–H groups in total. The molecule has 1 saturated carbocycles. The Bertz CT molecular complexity index is 674. The molecule has 0 radical (unpaired) electrons. The van der Waals surface area contributed by atoms with Gasteiger partial charge in [-0.05, 0) is 54.8 Å². The van der Waals surface area contributed by atoms with Gasteiger partial charge in [-0.2, -0.15) is 0 Å². The number of hydrogen-bond donors (Lipinski definition) is 1. The highest BCUT2D eigenvalue weighted by atomic mass is 79.9. The molecule has 2 aromatic carbocycles. The number of ether oxygens (including phenoxy) is 1. The second-order valence-corrected chi connectivity index (χ2v) is 6.89. The van der Waals surface area contributed by atoms with Crippen LogP contribution in [0.5, 0.6) is 5.75 Å². The molecule has 23 heavy (non-hydrogen) atoms. The molecule has 3 nitrogen and oxygen atoms in total. The predicted octanol–water partition coefficient (Wildman–Crippen LogP) is 4.91. The minimum absolute atomic E-state index is 0.0856. The lowest BCUT2D eigenvalue weighted by Crippen LogP contribution is -2.37. The molecule has 0 aromatic heterocycles. The number of halogens is 1. The largest absolute Gasteiger partial charge is 0.497 e. The Morgan fingerprint density at radius 3 is 2.22 bits per heavy atom. The fourth-order valence-corrected chi connectivity index (χ4v) is 3.58. The third kappa shape index (κ3) is 3.27.